The summed E-state index contributed by atoms with van der Waals surface area (Å²) in [6, 6.07) is 0. The Morgan fingerprint density at radius 2 is 1.95 bits per heavy atom. The molecule has 1 aliphatic heterocycles. The van der Waals surface area contributed by atoms with Crippen LogP contribution in [0.1, 0.15) is 5.82 Å². The van der Waals surface area contributed by atoms with Gasteiger partial charge in [0.1, 0.15) is 5.82 Å². The van der Waals surface area contributed by atoms with Gasteiger partial charge in [0, 0.05) is 13.1 Å². The summed E-state index contributed by atoms with van der Waals surface area (Å²) in [6.45, 7) is 4.64. The molecule has 10 heteroatoms. The minimum Gasteiger partial charge on any atom is -0.378 e. The van der Waals surface area contributed by atoms with Gasteiger partial charge in [0.15, 0.2) is 0 Å². The smallest absolute Gasteiger partial charge is 0.231 e. The lowest BCUT2D eigenvalue weighted by Crippen LogP contribution is -2.37. The van der Waals surface area contributed by atoms with E-state index < -0.39 is 0 Å². The molecule has 106 valence electrons. The summed E-state index contributed by atoms with van der Waals surface area (Å²) in [7, 11) is 0. The molecule has 1 fully saturated rings. The zero-order valence-corrected chi connectivity index (χ0v) is 11.7. The Kier molecular flexibility index (Phi) is 3.65. The van der Waals surface area contributed by atoms with Gasteiger partial charge in [-0.15, -0.1) is 5.10 Å². The van der Waals surface area contributed by atoms with E-state index >= 15 is 0 Å². The molecule has 3 N–H and O–H groups in total. The minimum atomic E-state index is 0.191. The van der Waals surface area contributed by atoms with Crippen molar-refractivity contribution in [3.8, 4) is 0 Å². The molecule has 0 spiro atoms. The maximum absolute atomic E-state index is 5.74. The van der Waals surface area contributed by atoms with Crippen molar-refractivity contribution in [2.45, 2.75) is 17.2 Å². The summed E-state index contributed by atoms with van der Waals surface area (Å²) in [5.74, 6) is 1.50. The SMILES string of the molecule is Cc1nc(Sc2nc(N)nc(N3CCOCC3)n2)n[nH]1. The number of hydrogen-bond acceptors (Lipinski definition) is 9. The standard InChI is InChI=1S/C10H14N8OS/c1-6-12-10(17-16-6)20-9-14-7(11)13-8(15-9)18-2-4-19-5-3-18/h2-5H2,1H3,(H,12,16,17)(H2,11,13,14,15). The average molecular weight is 294 g/mol. The second-order valence-electron chi connectivity index (χ2n) is 4.18. The molecule has 0 bridgehead atoms. The number of morpholine rings is 1. The first kappa shape index (κ1) is 13.1. The second-order valence-corrected chi connectivity index (χ2v) is 5.12. The zero-order chi connectivity index (χ0) is 13.9. The first-order valence-electron chi connectivity index (χ1n) is 6.12. The summed E-state index contributed by atoms with van der Waals surface area (Å²) in [5, 5.41) is 7.85. The third kappa shape index (κ3) is 2.96. The first-order chi connectivity index (χ1) is 9.70. The third-order valence-electron chi connectivity index (χ3n) is 2.67. The van der Waals surface area contributed by atoms with Crippen LogP contribution in [0.15, 0.2) is 10.3 Å². The van der Waals surface area contributed by atoms with Gasteiger partial charge < -0.3 is 15.4 Å². The molecule has 0 aliphatic carbocycles. The van der Waals surface area contributed by atoms with E-state index in [2.05, 4.69) is 30.1 Å². The van der Waals surface area contributed by atoms with Gasteiger partial charge in [-0.3, -0.25) is 5.10 Å². The molecule has 3 heterocycles. The molecule has 1 aliphatic rings. The molecule has 2 aromatic heterocycles. The molecule has 0 radical (unpaired) electrons. The predicted octanol–water partition coefficient (Wildman–Crippen LogP) is -0.132. The Balaban J connectivity index is 1.82. The number of aromatic nitrogens is 6. The van der Waals surface area contributed by atoms with Crippen LogP contribution in [0, 0.1) is 6.92 Å². The monoisotopic (exact) mass is 294 g/mol. The van der Waals surface area contributed by atoms with Crippen molar-refractivity contribution >= 4 is 23.7 Å². The molecule has 20 heavy (non-hydrogen) atoms. The van der Waals surface area contributed by atoms with Crippen molar-refractivity contribution in [3.05, 3.63) is 5.82 Å². The average Bonchev–Trinajstić information content (AvgIpc) is 2.84. The van der Waals surface area contributed by atoms with Crippen molar-refractivity contribution in [2.75, 3.05) is 36.9 Å². The van der Waals surface area contributed by atoms with Crippen LogP contribution in [0.25, 0.3) is 0 Å². The molecule has 0 amide bonds. The number of ether oxygens (including phenoxy) is 1. The number of nitrogens with zero attached hydrogens (tertiary/aromatic N) is 6. The molecular formula is C10H14N8OS. The van der Waals surface area contributed by atoms with Crippen molar-refractivity contribution < 1.29 is 4.74 Å². The molecule has 0 saturated carbocycles. The number of anilines is 2. The van der Waals surface area contributed by atoms with E-state index in [4.69, 9.17) is 10.5 Å². The number of hydrogen-bond donors (Lipinski definition) is 2. The molecule has 0 atom stereocenters. The Morgan fingerprint density at radius 3 is 2.65 bits per heavy atom. The molecule has 2 aromatic rings. The summed E-state index contributed by atoms with van der Waals surface area (Å²) in [6.07, 6.45) is 0. The number of nitrogens with two attached hydrogens (primary N) is 1. The number of nitrogens with one attached hydrogen (secondary N) is 1. The summed E-state index contributed by atoms with van der Waals surface area (Å²) in [4.78, 5) is 18.9. The molecular weight excluding hydrogens is 280 g/mol. The highest BCUT2D eigenvalue weighted by Crippen LogP contribution is 2.23. The van der Waals surface area contributed by atoms with E-state index in [1.807, 2.05) is 11.8 Å². The van der Waals surface area contributed by atoms with Crippen molar-refractivity contribution in [1.29, 1.82) is 0 Å². The van der Waals surface area contributed by atoms with Gasteiger partial charge in [-0.25, -0.2) is 4.98 Å². The fourth-order valence-electron chi connectivity index (χ4n) is 1.76. The highest BCUT2D eigenvalue weighted by Gasteiger charge is 2.17. The maximum atomic E-state index is 5.74. The molecule has 0 unspecified atom stereocenters. The van der Waals surface area contributed by atoms with E-state index in [1.54, 1.807) is 0 Å². The normalized spacial score (nSPS) is 15.6. The van der Waals surface area contributed by atoms with Crippen molar-refractivity contribution in [3.63, 3.8) is 0 Å². The van der Waals surface area contributed by atoms with Crippen molar-refractivity contribution in [1.82, 2.24) is 30.1 Å². The summed E-state index contributed by atoms with van der Waals surface area (Å²) < 4.78 is 5.31. The fourth-order valence-corrected chi connectivity index (χ4v) is 2.46. The van der Waals surface area contributed by atoms with Gasteiger partial charge in [-0.05, 0) is 18.7 Å². The number of aromatic amines is 1. The topological polar surface area (TPSA) is 119 Å². The van der Waals surface area contributed by atoms with Crippen LogP contribution in [0.4, 0.5) is 11.9 Å². The van der Waals surface area contributed by atoms with Gasteiger partial charge in [-0.2, -0.15) is 15.0 Å². The summed E-state index contributed by atoms with van der Waals surface area (Å²) >= 11 is 1.25. The number of H-pyrrole nitrogens is 1. The van der Waals surface area contributed by atoms with E-state index in [0.717, 1.165) is 18.9 Å². The molecule has 0 aromatic carbocycles. The van der Waals surface area contributed by atoms with Crippen LogP contribution in [-0.4, -0.2) is 56.4 Å². The van der Waals surface area contributed by atoms with Crippen molar-refractivity contribution in [2.24, 2.45) is 0 Å². The Morgan fingerprint density at radius 1 is 1.15 bits per heavy atom. The lowest BCUT2D eigenvalue weighted by Gasteiger charge is -2.26. The Bertz CT molecular complexity index is 597. The van der Waals surface area contributed by atoms with Gasteiger partial charge in [0.05, 0.1) is 13.2 Å². The largest absolute Gasteiger partial charge is 0.378 e. The Labute approximate surface area is 119 Å². The summed E-state index contributed by atoms with van der Waals surface area (Å²) in [5.41, 5.74) is 5.74. The highest BCUT2D eigenvalue weighted by atomic mass is 32.2. The molecule has 1 saturated heterocycles. The van der Waals surface area contributed by atoms with Gasteiger partial charge in [0.25, 0.3) is 0 Å². The lowest BCUT2D eigenvalue weighted by atomic mass is 10.4. The first-order valence-corrected chi connectivity index (χ1v) is 6.93. The van der Waals surface area contributed by atoms with Crippen LogP contribution < -0.4 is 10.6 Å². The van der Waals surface area contributed by atoms with E-state index in [0.29, 0.717) is 29.5 Å². The number of rotatable bonds is 3. The van der Waals surface area contributed by atoms with E-state index in [-0.39, 0.29) is 5.95 Å². The molecule has 9 nitrogen and oxygen atoms in total. The minimum absolute atomic E-state index is 0.191. The quantitative estimate of drug-likeness (QED) is 0.797. The lowest BCUT2D eigenvalue weighted by molar-refractivity contribution is 0.122. The van der Waals surface area contributed by atoms with Crippen LogP contribution in [0.3, 0.4) is 0 Å². The number of aryl methyl sites for hydroxylation is 1. The van der Waals surface area contributed by atoms with E-state index in [9.17, 15) is 0 Å². The van der Waals surface area contributed by atoms with Crippen LogP contribution in [-0.2, 0) is 4.74 Å². The van der Waals surface area contributed by atoms with Gasteiger partial charge in [-0.1, -0.05) is 0 Å². The van der Waals surface area contributed by atoms with Gasteiger partial charge >= 0.3 is 0 Å². The number of nitrogen functional groups attached to an aromatic ring is 1. The third-order valence-corrected chi connectivity index (χ3v) is 3.40. The maximum Gasteiger partial charge on any atom is 0.231 e. The second kappa shape index (κ2) is 5.59. The van der Waals surface area contributed by atoms with Crippen LogP contribution >= 0.6 is 11.8 Å². The predicted molar refractivity (Wildman–Crippen MR) is 72.5 cm³/mol. The van der Waals surface area contributed by atoms with Crippen LogP contribution in [0.5, 0.6) is 0 Å². The fraction of sp³-hybridized carbons (Fsp3) is 0.500. The Hall–Kier alpha value is -1.94. The van der Waals surface area contributed by atoms with Gasteiger partial charge in [0.2, 0.25) is 22.2 Å². The van der Waals surface area contributed by atoms with E-state index in [1.165, 1.54) is 11.8 Å². The molecule has 3 rings (SSSR count). The zero-order valence-electron chi connectivity index (χ0n) is 10.9. The van der Waals surface area contributed by atoms with Crippen LogP contribution in [0.2, 0.25) is 0 Å². The highest BCUT2D eigenvalue weighted by molar-refractivity contribution is 7.99.